The van der Waals surface area contributed by atoms with E-state index in [0.29, 0.717) is 6.04 Å². The molecule has 0 aliphatic rings. The van der Waals surface area contributed by atoms with Gasteiger partial charge in [-0.1, -0.05) is 32.0 Å². The molecule has 1 aromatic carbocycles. The van der Waals surface area contributed by atoms with Crippen LogP contribution in [0.25, 0.3) is 0 Å². The first kappa shape index (κ1) is 15.1. The number of thiophene rings is 1. The van der Waals surface area contributed by atoms with Crippen LogP contribution in [0.4, 0.5) is 0 Å². The summed E-state index contributed by atoms with van der Waals surface area (Å²) in [4.78, 5) is 0. The summed E-state index contributed by atoms with van der Waals surface area (Å²) in [6.07, 6.45) is 2.04. The maximum absolute atomic E-state index is 5.90. The van der Waals surface area contributed by atoms with Gasteiger partial charge in [0.15, 0.2) is 0 Å². The fourth-order valence-electron chi connectivity index (χ4n) is 2.29. The molecule has 0 fully saturated rings. The minimum Gasteiger partial charge on any atom is -0.493 e. The maximum atomic E-state index is 5.90. The third-order valence-electron chi connectivity index (χ3n) is 3.23. The Morgan fingerprint density at radius 3 is 2.75 bits per heavy atom. The van der Waals surface area contributed by atoms with Crippen LogP contribution in [-0.2, 0) is 6.42 Å². The predicted molar refractivity (Wildman–Crippen MR) is 86.7 cm³/mol. The lowest BCUT2D eigenvalue weighted by atomic mass is 9.99. The SMILES string of the molecule is CCCOc1ccccc1C(Cc1ccsc1)NCC. The van der Waals surface area contributed by atoms with E-state index in [1.807, 2.05) is 6.07 Å². The molecule has 0 saturated heterocycles. The van der Waals surface area contributed by atoms with Crippen LogP contribution in [0.3, 0.4) is 0 Å². The van der Waals surface area contributed by atoms with Crippen LogP contribution in [0.2, 0.25) is 0 Å². The molecule has 0 radical (unpaired) electrons. The molecule has 0 aliphatic heterocycles. The quantitative estimate of drug-likeness (QED) is 0.776. The lowest BCUT2D eigenvalue weighted by Crippen LogP contribution is -2.23. The minimum absolute atomic E-state index is 0.308. The van der Waals surface area contributed by atoms with E-state index in [-0.39, 0.29) is 0 Å². The van der Waals surface area contributed by atoms with Crippen molar-refractivity contribution in [1.82, 2.24) is 5.32 Å². The average Bonchev–Trinajstić information content (AvgIpc) is 2.98. The summed E-state index contributed by atoms with van der Waals surface area (Å²) < 4.78 is 5.90. The van der Waals surface area contributed by atoms with Crippen molar-refractivity contribution in [3.8, 4) is 5.75 Å². The Morgan fingerprint density at radius 2 is 2.05 bits per heavy atom. The number of benzene rings is 1. The summed E-state index contributed by atoms with van der Waals surface area (Å²) in [5.41, 5.74) is 2.64. The zero-order chi connectivity index (χ0) is 14.2. The first-order chi connectivity index (χ1) is 9.85. The van der Waals surface area contributed by atoms with Crippen molar-refractivity contribution >= 4 is 11.3 Å². The second-order valence-corrected chi connectivity index (χ2v) is 5.61. The van der Waals surface area contributed by atoms with Crippen LogP contribution >= 0.6 is 11.3 Å². The molecule has 0 bridgehead atoms. The van der Waals surface area contributed by atoms with Gasteiger partial charge in [-0.05, 0) is 47.8 Å². The molecule has 0 saturated carbocycles. The molecule has 0 spiro atoms. The normalized spacial score (nSPS) is 12.3. The average molecular weight is 289 g/mol. The Kier molecular flexibility index (Phi) is 6.09. The van der Waals surface area contributed by atoms with Gasteiger partial charge in [-0.2, -0.15) is 11.3 Å². The highest BCUT2D eigenvalue weighted by Crippen LogP contribution is 2.28. The van der Waals surface area contributed by atoms with Gasteiger partial charge in [-0.25, -0.2) is 0 Å². The summed E-state index contributed by atoms with van der Waals surface area (Å²) in [7, 11) is 0. The maximum Gasteiger partial charge on any atom is 0.124 e. The topological polar surface area (TPSA) is 21.3 Å². The molecule has 1 heterocycles. The Hall–Kier alpha value is -1.32. The lowest BCUT2D eigenvalue weighted by Gasteiger charge is -2.21. The summed E-state index contributed by atoms with van der Waals surface area (Å²) in [6, 6.07) is 10.9. The Labute approximate surface area is 125 Å². The summed E-state index contributed by atoms with van der Waals surface area (Å²) in [6.45, 7) is 6.01. The lowest BCUT2D eigenvalue weighted by molar-refractivity contribution is 0.310. The first-order valence-electron chi connectivity index (χ1n) is 7.31. The van der Waals surface area contributed by atoms with Gasteiger partial charge in [-0.15, -0.1) is 0 Å². The van der Waals surface area contributed by atoms with Gasteiger partial charge in [-0.3, -0.25) is 0 Å². The molecule has 1 atom stereocenters. The molecule has 0 aliphatic carbocycles. The highest BCUT2D eigenvalue weighted by atomic mass is 32.1. The molecular formula is C17H23NOS. The third kappa shape index (κ3) is 4.09. The van der Waals surface area contributed by atoms with Gasteiger partial charge in [0.1, 0.15) is 5.75 Å². The number of nitrogens with one attached hydrogen (secondary N) is 1. The van der Waals surface area contributed by atoms with Crippen LogP contribution in [0, 0.1) is 0 Å². The molecular weight excluding hydrogens is 266 g/mol. The van der Waals surface area contributed by atoms with Gasteiger partial charge in [0.05, 0.1) is 6.61 Å². The van der Waals surface area contributed by atoms with Crippen LogP contribution < -0.4 is 10.1 Å². The molecule has 1 unspecified atom stereocenters. The number of hydrogen-bond acceptors (Lipinski definition) is 3. The zero-order valence-electron chi connectivity index (χ0n) is 12.3. The standard InChI is InChI=1S/C17H23NOS/c1-3-10-19-17-8-6-5-7-15(17)16(18-4-2)12-14-9-11-20-13-14/h5-9,11,13,16,18H,3-4,10,12H2,1-2H3. The highest BCUT2D eigenvalue weighted by Gasteiger charge is 2.15. The number of ether oxygens (including phenoxy) is 1. The molecule has 1 aromatic heterocycles. The molecule has 2 nitrogen and oxygen atoms in total. The summed E-state index contributed by atoms with van der Waals surface area (Å²) in [5.74, 6) is 1.01. The van der Waals surface area contributed by atoms with Gasteiger partial charge in [0.25, 0.3) is 0 Å². The van der Waals surface area contributed by atoms with Crippen LogP contribution in [-0.4, -0.2) is 13.2 Å². The number of rotatable bonds is 8. The molecule has 20 heavy (non-hydrogen) atoms. The largest absolute Gasteiger partial charge is 0.493 e. The van der Waals surface area contributed by atoms with E-state index in [9.17, 15) is 0 Å². The van der Waals surface area contributed by atoms with Crippen molar-refractivity contribution < 1.29 is 4.74 Å². The van der Waals surface area contributed by atoms with Crippen molar-refractivity contribution in [2.24, 2.45) is 0 Å². The van der Waals surface area contributed by atoms with Crippen LogP contribution in [0.15, 0.2) is 41.1 Å². The number of para-hydroxylation sites is 1. The van der Waals surface area contributed by atoms with Gasteiger partial charge >= 0.3 is 0 Å². The van der Waals surface area contributed by atoms with Crippen molar-refractivity contribution in [2.45, 2.75) is 32.7 Å². The van der Waals surface area contributed by atoms with E-state index in [1.165, 1.54) is 11.1 Å². The van der Waals surface area contributed by atoms with E-state index in [0.717, 1.165) is 31.7 Å². The Balaban J connectivity index is 2.19. The summed E-state index contributed by atoms with van der Waals surface area (Å²) in [5, 5.41) is 7.94. The number of hydrogen-bond donors (Lipinski definition) is 1. The monoisotopic (exact) mass is 289 g/mol. The van der Waals surface area contributed by atoms with Crippen molar-refractivity contribution in [3.63, 3.8) is 0 Å². The van der Waals surface area contributed by atoms with Gasteiger partial charge < -0.3 is 10.1 Å². The molecule has 1 N–H and O–H groups in total. The van der Waals surface area contributed by atoms with E-state index in [4.69, 9.17) is 4.74 Å². The highest BCUT2D eigenvalue weighted by molar-refractivity contribution is 7.07. The van der Waals surface area contributed by atoms with Crippen LogP contribution in [0.5, 0.6) is 5.75 Å². The van der Waals surface area contributed by atoms with Gasteiger partial charge in [0, 0.05) is 11.6 Å². The van der Waals surface area contributed by atoms with Crippen molar-refractivity contribution in [3.05, 3.63) is 52.2 Å². The molecule has 2 aromatic rings. The Morgan fingerprint density at radius 1 is 1.20 bits per heavy atom. The molecule has 0 amide bonds. The van der Waals surface area contributed by atoms with E-state index in [1.54, 1.807) is 11.3 Å². The fraction of sp³-hybridized carbons (Fsp3) is 0.412. The van der Waals surface area contributed by atoms with E-state index < -0.39 is 0 Å². The molecule has 3 heteroatoms. The van der Waals surface area contributed by atoms with Crippen molar-refractivity contribution in [2.75, 3.05) is 13.2 Å². The predicted octanol–water partition coefficient (Wildman–Crippen LogP) is 4.43. The first-order valence-corrected chi connectivity index (χ1v) is 8.25. The Bertz CT molecular complexity index is 495. The van der Waals surface area contributed by atoms with Gasteiger partial charge in [0.2, 0.25) is 0 Å². The van der Waals surface area contributed by atoms with E-state index in [2.05, 4.69) is 54.2 Å². The summed E-state index contributed by atoms with van der Waals surface area (Å²) >= 11 is 1.75. The zero-order valence-corrected chi connectivity index (χ0v) is 13.1. The van der Waals surface area contributed by atoms with Crippen molar-refractivity contribution in [1.29, 1.82) is 0 Å². The van der Waals surface area contributed by atoms with Crippen LogP contribution in [0.1, 0.15) is 37.4 Å². The second kappa shape index (κ2) is 8.08. The minimum atomic E-state index is 0.308. The molecule has 2 rings (SSSR count). The number of likely N-dealkylation sites (N-methyl/N-ethyl adjacent to an activating group) is 1. The second-order valence-electron chi connectivity index (χ2n) is 4.83. The van der Waals surface area contributed by atoms with E-state index >= 15 is 0 Å². The fourth-order valence-corrected chi connectivity index (χ4v) is 2.98. The molecule has 108 valence electrons. The smallest absolute Gasteiger partial charge is 0.124 e. The third-order valence-corrected chi connectivity index (χ3v) is 3.96.